The fourth-order valence-corrected chi connectivity index (χ4v) is 2.41. The van der Waals surface area contributed by atoms with Crippen molar-refractivity contribution in [2.24, 2.45) is 0 Å². The fourth-order valence-electron chi connectivity index (χ4n) is 1.25. The van der Waals surface area contributed by atoms with E-state index in [-0.39, 0.29) is 0 Å². The number of hydrogen-bond acceptors (Lipinski definition) is 4. The topological polar surface area (TPSA) is 50.1 Å². The molecule has 0 fully saturated rings. The van der Waals surface area contributed by atoms with Crippen molar-refractivity contribution in [2.45, 2.75) is 17.1 Å². The molecule has 0 saturated heterocycles. The molecule has 0 radical (unpaired) electrons. The third-order valence-corrected chi connectivity index (χ3v) is 3.10. The minimum Gasteiger partial charge on any atom is -0.462 e. The second-order valence-corrected chi connectivity index (χ2v) is 3.96. The number of carbonyl (C=O) groups is 1. The quantitative estimate of drug-likeness (QED) is 0.530. The van der Waals surface area contributed by atoms with Crippen molar-refractivity contribution < 1.29 is 9.53 Å². The van der Waals surface area contributed by atoms with Gasteiger partial charge < -0.3 is 4.74 Å². The van der Waals surface area contributed by atoms with Gasteiger partial charge in [-0.2, -0.15) is 5.26 Å². The highest BCUT2D eigenvalue weighted by atomic mass is 79.9. The number of hydrogen-bond donors (Lipinski definition) is 1. The van der Waals surface area contributed by atoms with Crippen molar-refractivity contribution >= 4 is 34.5 Å². The van der Waals surface area contributed by atoms with Gasteiger partial charge in [0.25, 0.3) is 0 Å². The minimum atomic E-state index is -0.417. The molecule has 5 heteroatoms. The molecule has 0 atom stereocenters. The van der Waals surface area contributed by atoms with Crippen LogP contribution >= 0.6 is 28.6 Å². The number of halogens is 1. The number of esters is 1. The molecular weight excluding hydrogens is 290 g/mol. The van der Waals surface area contributed by atoms with E-state index in [1.807, 2.05) is 0 Å². The molecule has 84 valence electrons. The van der Waals surface area contributed by atoms with E-state index >= 15 is 0 Å². The summed E-state index contributed by atoms with van der Waals surface area (Å²) in [6, 6.07) is 5.21. The van der Waals surface area contributed by atoms with E-state index in [2.05, 4.69) is 34.6 Å². The van der Waals surface area contributed by atoms with Gasteiger partial charge >= 0.3 is 5.97 Å². The Labute approximate surface area is 108 Å². The van der Waals surface area contributed by atoms with Gasteiger partial charge in [0.1, 0.15) is 0 Å². The summed E-state index contributed by atoms with van der Waals surface area (Å²) in [6.07, 6.45) is 0. The molecule has 3 nitrogen and oxygen atoms in total. The molecule has 16 heavy (non-hydrogen) atoms. The zero-order valence-electron chi connectivity index (χ0n) is 8.66. The largest absolute Gasteiger partial charge is 0.462 e. The van der Waals surface area contributed by atoms with Gasteiger partial charge in [-0.1, -0.05) is 15.9 Å². The standard InChI is InChI=1S/C11H10BrNO2S/c1-2-15-11(14)8-4-3-7(6-13)9(5-12)10(8)16/h3-4,16H,2,5H2,1H3. The minimum absolute atomic E-state index is 0.315. The van der Waals surface area contributed by atoms with E-state index in [1.165, 1.54) is 0 Å². The Bertz CT molecular complexity index is 454. The van der Waals surface area contributed by atoms with Crippen molar-refractivity contribution in [3.63, 3.8) is 0 Å². The molecule has 0 aliphatic carbocycles. The fraction of sp³-hybridized carbons (Fsp3) is 0.273. The number of rotatable bonds is 3. The maximum atomic E-state index is 11.6. The predicted molar refractivity (Wildman–Crippen MR) is 67.0 cm³/mol. The molecule has 0 aliphatic rings. The maximum Gasteiger partial charge on any atom is 0.339 e. The molecular formula is C11H10BrNO2S. The lowest BCUT2D eigenvalue weighted by atomic mass is 10.1. The Hall–Kier alpha value is -0.990. The Morgan fingerprint density at radius 1 is 1.62 bits per heavy atom. The summed E-state index contributed by atoms with van der Waals surface area (Å²) >= 11 is 7.54. The Kier molecular flexibility index (Phi) is 4.84. The monoisotopic (exact) mass is 299 g/mol. The zero-order chi connectivity index (χ0) is 12.1. The Morgan fingerprint density at radius 3 is 2.81 bits per heavy atom. The van der Waals surface area contributed by atoms with Crippen LogP contribution in [0.3, 0.4) is 0 Å². The van der Waals surface area contributed by atoms with E-state index in [0.717, 1.165) is 0 Å². The smallest absolute Gasteiger partial charge is 0.339 e. The number of nitrogens with zero attached hydrogens (tertiary/aromatic N) is 1. The zero-order valence-corrected chi connectivity index (χ0v) is 11.1. The van der Waals surface area contributed by atoms with Gasteiger partial charge in [0, 0.05) is 10.2 Å². The van der Waals surface area contributed by atoms with Crippen LogP contribution in [-0.4, -0.2) is 12.6 Å². The van der Waals surface area contributed by atoms with Gasteiger partial charge in [0.2, 0.25) is 0 Å². The van der Waals surface area contributed by atoms with E-state index in [0.29, 0.717) is 33.5 Å². The lowest BCUT2D eigenvalue weighted by Crippen LogP contribution is -2.07. The molecule has 0 aliphatic heterocycles. The molecule has 0 bridgehead atoms. The van der Waals surface area contributed by atoms with Crippen LogP contribution in [0.2, 0.25) is 0 Å². The summed E-state index contributed by atoms with van der Waals surface area (Å²) in [4.78, 5) is 12.1. The van der Waals surface area contributed by atoms with E-state index in [9.17, 15) is 4.79 Å². The van der Waals surface area contributed by atoms with Gasteiger partial charge in [0.05, 0.1) is 23.8 Å². The van der Waals surface area contributed by atoms with Crippen molar-refractivity contribution in [3.8, 4) is 6.07 Å². The van der Waals surface area contributed by atoms with Gasteiger partial charge in [0.15, 0.2) is 0 Å². The molecule has 0 unspecified atom stereocenters. The first-order valence-corrected chi connectivity index (χ1v) is 6.20. The molecule has 1 aromatic carbocycles. The van der Waals surface area contributed by atoms with Crippen LogP contribution in [0.15, 0.2) is 17.0 Å². The second kappa shape index (κ2) is 5.92. The lowest BCUT2D eigenvalue weighted by molar-refractivity contribution is 0.0522. The number of benzene rings is 1. The van der Waals surface area contributed by atoms with Crippen LogP contribution in [-0.2, 0) is 10.1 Å². The molecule has 0 aromatic heterocycles. The predicted octanol–water partition coefficient (Wildman–Crippen LogP) is 2.92. The van der Waals surface area contributed by atoms with E-state index < -0.39 is 5.97 Å². The summed E-state index contributed by atoms with van der Waals surface area (Å²) in [5.41, 5.74) is 1.60. The first-order chi connectivity index (χ1) is 7.65. The second-order valence-electron chi connectivity index (χ2n) is 2.95. The summed E-state index contributed by atoms with van der Waals surface area (Å²) in [5, 5.41) is 9.36. The maximum absolute atomic E-state index is 11.6. The Morgan fingerprint density at radius 2 is 2.31 bits per heavy atom. The lowest BCUT2D eigenvalue weighted by Gasteiger charge is -2.09. The summed E-state index contributed by atoms with van der Waals surface area (Å²) in [6.45, 7) is 2.06. The third kappa shape index (κ3) is 2.57. The number of carbonyl (C=O) groups excluding carboxylic acids is 1. The van der Waals surface area contributed by atoms with Crippen molar-refractivity contribution in [1.82, 2.24) is 0 Å². The highest BCUT2D eigenvalue weighted by molar-refractivity contribution is 9.08. The number of ether oxygens (including phenoxy) is 1. The van der Waals surface area contributed by atoms with Gasteiger partial charge in [-0.05, 0) is 24.6 Å². The van der Waals surface area contributed by atoms with Crippen LogP contribution in [0.5, 0.6) is 0 Å². The molecule has 0 N–H and O–H groups in total. The van der Waals surface area contributed by atoms with Crippen LogP contribution in [0.1, 0.15) is 28.4 Å². The average molecular weight is 300 g/mol. The van der Waals surface area contributed by atoms with Gasteiger partial charge in [-0.3, -0.25) is 0 Å². The third-order valence-electron chi connectivity index (χ3n) is 2.03. The van der Waals surface area contributed by atoms with Crippen LogP contribution in [0.25, 0.3) is 0 Å². The highest BCUT2D eigenvalue weighted by Crippen LogP contribution is 2.25. The molecule has 0 saturated carbocycles. The van der Waals surface area contributed by atoms with Gasteiger partial charge in [-0.15, -0.1) is 12.6 Å². The summed E-state index contributed by atoms with van der Waals surface area (Å²) < 4.78 is 4.90. The average Bonchev–Trinajstić information content (AvgIpc) is 2.28. The molecule has 0 amide bonds. The van der Waals surface area contributed by atoms with Gasteiger partial charge in [-0.25, -0.2) is 4.79 Å². The van der Waals surface area contributed by atoms with E-state index in [1.54, 1.807) is 19.1 Å². The Balaban J connectivity index is 3.25. The first-order valence-electron chi connectivity index (χ1n) is 4.63. The molecule has 1 rings (SSSR count). The first kappa shape index (κ1) is 13.1. The van der Waals surface area contributed by atoms with Crippen molar-refractivity contribution in [3.05, 3.63) is 28.8 Å². The normalized spacial score (nSPS) is 9.62. The van der Waals surface area contributed by atoms with E-state index in [4.69, 9.17) is 10.00 Å². The summed E-state index contributed by atoms with van der Waals surface area (Å²) in [5.74, 6) is -0.417. The van der Waals surface area contributed by atoms with Crippen LogP contribution in [0.4, 0.5) is 0 Å². The SMILES string of the molecule is CCOC(=O)c1ccc(C#N)c(CBr)c1S. The number of nitriles is 1. The number of thiol groups is 1. The summed E-state index contributed by atoms with van der Waals surface area (Å²) in [7, 11) is 0. The molecule has 1 aromatic rings. The highest BCUT2D eigenvalue weighted by Gasteiger charge is 2.15. The van der Waals surface area contributed by atoms with Crippen molar-refractivity contribution in [2.75, 3.05) is 6.61 Å². The molecule has 0 spiro atoms. The molecule has 0 heterocycles. The van der Waals surface area contributed by atoms with Crippen LogP contribution in [0, 0.1) is 11.3 Å². The number of alkyl halides is 1. The van der Waals surface area contributed by atoms with Crippen LogP contribution < -0.4 is 0 Å². The van der Waals surface area contributed by atoms with Crippen molar-refractivity contribution in [1.29, 1.82) is 5.26 Å².